The largest absolute Gasteiger partial charge is 0.381 e. The average molecular weight is 1800 g/mol. The molecule has 9 fully saturated rings. The summed E-state index contributed by atoms with van der Waals surface area (Å²) in [7, 11) is 1.90. The molecule has 9 aliphatic rings. The van der Waals surface area contributed by atoms with Gasteiger partial charge >= 0.3 is 0 Å². The van der Waals surface area contributed by atoms with E-state index in [0.29, 0.717) is 72.2 Å². The summed E-state index contributed by atoms with van der Waals surface area (Å²) in [5, 5.41) is 38.8. The lowest BCUT2D eigenvalue weighted by molar-refractivity contribution is 0.00729. The number of fused-ring (bicyclic) bond motifs is 4. The number of morpholine rings is 4. The van der Waals surface area contributed by atoms with Gasteiger partial charge in [0.1, 0.15) is 33.2 Å². The normalized spacial score (nSPS) is 23.4. The first kappa shape index (κ1) is 89.7. The van der Waals surface area contributed by atoms with Gasteiger partial charge in [0.05, 0.1) is 115 Å². The van der Waals surface area contributed by atoms with Crippen LogP contribution in [0.3, 0.4) is 0 Å². The molecule has 0 spiro atoms. The van der Waals surface area contributed by atoms with Crippen LogP contribution in [0.15, 0.2) is 43.5 Å². The minimum Gasteiger partial charge on any atom is -0.381 e. The Kier molecular flexibility index (Phi) is 30.9. The molecule has 0 bridgehead atoms. The molecule has 11 aromatic heterocycles. The van der Waals surface area contributed by atoms with E-state index in [1.165, 1.54) is 64.2 Å². The van der Waals surface area contributed by atoms with Crippen LogP contribution in [0, 0.1) is 0 Å². The first-order chi connectivity index (χ1) is 61.8. The lowest BCUT2D eigenvalue weighted by Gasteiger charge is -2.42. The van der Waals surface area contributed by atoms with E-state index in [-0.39, 0.29) is 0 Å². The van der Waals surface area contributed by atoms with E-state index in [1.54, 1.807) is 62.6 Å². The predicted molar refractivity (Wildman–Crippen MR) is 503 cm³/mol. The van der Waals surface area contributed by atoms with E-state index in [0.717, 1.165) is 310 Å². The van der Waals surface area contributed by atoms with Gasteiger partial charge in [-0.1, -0.05) is 73.0 Å². The van der Waals surface area contributed by atoms with Crippen LogP contribution in [0.1, 0.15) is 196 Å². The molecule has 4 aliphatic carbocycles. The number of aromatic nitrogens is 18. The van der Waals surface area contributed by atoms with Gasteiger partial charge < -0.3 is 60.5 Å². The van der Waals surface area contributed by atoms with Crippen LogP contribution in [0.2, 0.25) is 0 Å². The first-order valence-corrected chi connectivity index (χ1v) is 50.0. The molecule has 6 N–H and O–H groups in total. The van der Waals surface area contributed by atoms with Crippen molar-refractivity contribution in [2.45, 2.75) is 250 Å². The second-order valence-corrected chi connectivity index (χ2v) is 39.0. The van der Waals surface area contributed by atoms with E-state index in [2.05, 4.69) is 130 Å². The number of hydrogen-bond acceptors (Lipinski definition) is 35. The fourth-order valence-electron chi connectivity index (χ4n) is 19.2. The molecule has 126 heavy (non-hydrogen) atoms. The molecule has 0 radical (unpaired) electrons. The Labute approximate surface area is 755 Å². The van der Waals surface area contributed by atoms with Crippen LogP contribution < -0.4 is 36.8 Å². The third-order valence-corrected chi connectivity index (χ3v) is 30.6. The predicted octanol–water partition coefficient (Wildman–Crippen LogP) is 14.5. The topological polar surface area (TPSA) is 343 Å². The maximum Gasteiger partial charge on any atom is 0.230 e. The molecule has 0 aromatic carbocycles. The molecule has 38 heteroatoms. The minimum atomic E-state index is 0.308. The Morgan fingerprint density at radius 3 is 1.10 bits per heavy atom. The number of aryl methyl sites for hydroxylation is 5. The number of thiazole rings is 4. The highest BCUT2D eigenvalue weighted by atomic mass is 32.1. The lowest BCUT2D eigenvalue weighted by atomic mass is 9.89. The van der Waals surface area contributed by atoms with Crippen LogP contribution in [0.4, 0.5) is 58.2 Å². The molecule has 11 aromatic rings. The zero-order valence-electron chi connectivity index (χ0n) is 74.8. The van der Waals surface area contributed by atoms with Gasteiger partial charge in [-0.15, -0.1) is 0 Å². The lowest BCUT2D eigenvalue weighted by Crippen LogP contribution is -2.48. The van der Waals surface area contributed by atoms with Gasteiger partial charge in [0, 0.05) is 152 Å². The fourth-order valence-corrected chi connectivity index (χ4v) is 22.7. The molecular formula is C88H129N29O5S4. The Morgan fingerprint density at radius 2 is 0.730 bits per heavy atom. The van der Waals surface area contributed by atoms with Crippen molar-refractivity contribution in [2.24, 2.45) is 7.05 Å². The third-order valence-electron chi connectivity index (χ3n) is 26.2. The van der Waals surface area contributed by atoms with Gasteiger partial charge in [0.25, 0.3) is 0 Å². The van der Waals surface area contributed by atoms with Crippen molar-refractivity contribution in [1.29, 1.82) is 0 Å². The van der Waals surface area contributed by atoms with E-state index in [4.69, 9.17) is 73.5 Å². The van der Waals surface area contributed by atoms with Crippen molar-refractivity contribution < 1.29 is 23.7 Å². The Morgan fingerprint density at radius 1 is 0.373 bits per heavy atom. The summed E-state index contributed by atoms with van der Waals surface area (Å²) >= 11 is 6.63. The van der Waals surface area contributed by atoms with Crippen LogP contribution in [0.25, 0.3) is 41.4 Å². The number of nitrogens with one attached hydrogen (secondary N) is 6. The molecule has 680 valence electrons. The van der Waals surface area contributed by atoms with E-state index in [1.807, 2.05) is 47.4 Å². The van der Waals surface area contributed by atoms with Crippen molar-refractivity contribution in [3.05, 3.63) is 63.5 Å². The molecule has 5 saturated heterocycles. The SMILES string of the molecule is CCc1nc2c(N(CC)C3CCC(N4CCOCC4)CC3)ncnc2s1.CCc1nc2c(NC3CCC(N4CCOCC4)CC3)nc(Nc3cnn(C(C)C)c3)nc2s1.CCc1nc2c(NC3CCC(N4CCOCC4)CC3)nc(Nc3cnn(C)c3)nc2s1.CCc1nc2c(NC3CCC(N4CCOCC4)CC3)nc(Nc3cnn(C4CCOCC4)c3)nc2s1. The van der Waals surface area contributed by atoms with E-state index in [9.17, 15) is 0 Å². The summed E-state index contributed by atoms with van der Waals surface area (Å²) in [5.41, 5.74) is 6.31. The van der Waals surface area contributed by atoms with Gasteiger partial charge in [-0.25, -0.2) is 29.9 Å². The van der Waals surface area contributed by atoms with Gasteiger partial charge in [-0.3, -0.25) is 33.6 Å². The number of hydrogen-bond donors (Lipinski definition) is 6. The van der Waals surface area contributed by atoms with Gasteiger partial charge in [-0.2, -0.15) is 45.2 Å². The van der Waals surface area contributed by atoms with E-state index >= 15 is 0 Å². The summed E-state index contributed by atoms with van der Waals surface area (Å²) in [6.07, 6.45) is 37.8. The highest BCUT2D eigenvalue weighted by molar-refractivity contribution is 7.19. The van der Waals surface area contributed by atoms with Crippen LogP contribution in [0.5, 0.6) is 0 Å². The summed E-state index contributed by atoms with van der Waals surface area (Å²) in [6.45, 7) is 33.1. The number of ether oxygens (including phenoxy) is 5. The molecule has 0 atom stereocenters. The van der Waals surface area contributed by atoms with Crippen molar-refractivity contribution >= 4 is 145 Å². The highest BCUT2D eigenvalue weighted by Crippen LogP contribution is 2.39. The molecule has 20 rings (SSSR count). The summed E-state index contributed by atoms with van der Waals surface area (Å²) in [5.74, 6) is 5.29. The fraction of sp³-hybridized carbons (Fsp3) is 0.670. The van der Waals surface area contributed by atoms with Crippen LogP contribution in [-0.2, 0) is 56.4 Å². The molecule has 16 heterocycles. The Bertz CT molecular complexity index is 5220. The number of rotatable bonds is 25. The van der Waals surface area contributed by atoms with Crippen molar-refractivity contribution in [3.8, 4) is 0 Å². The monoisotopic (exact) mass is 1800 g/mol. The van der Waals surface area contributed by atoms with Crippen LogP contribution in [-0.4, -0.2) is 282 Å². The highest BCUT2D eigenvalue weighted by Gasteiger charge is 2.35. The minimum absolute atomic E-state index is 0.308. The van der Waals surface area contributed by atoms with E-state index < -0.39 is 0 Å². The first-order valence-electron chi connectivity index (χ1n) is 46.7. The smallest absolute Gasteiger partial charge is 0.230 e. The zero-order valence-corrected chi connectivity index (χ0v) is 78.0. The van der Waals surface area contributed by atoms with Gasteiger partial charge in [0.15, 0.2) is 37.8 Å². The zero-order chi connectivity index (χ0) is 86.2. The van der Waals surface area contributed by atoms with Gasteiger partial charge in [0.2, 0.25) is 17.8 Å². The third kappa shape index (κ3) is 22.8. The molecular weight excluding hydrogens is 1670 g/mol. The number of nitrogens with zero attached hydrogens (tertiary/aromatic N) is 23. The molecule has 0 unspecified atom stereocenters. The van der Waals surface area contributed by atoms with Crippen molar-refractivity contribution in [3.63, 3.8) is 0 Å². The molecule has 0 amide bonds. The molecule has 34 nitrogen and oxygen atoms in total. The summed E-state index contributed by atoms with van der Waals surface area (Å²) in [6, 6.07) is 5.23. The number of anilines is 10. The summed E-state index contributed by atoms with van der Waals surface area (Å²) in [4.78, 5) is 73.9. The standard InChI is InChI=1S/C25H36N8O2S.C23H34N8OS.C21H30N8OS.C19H29N5OS/c1-2-21-29-22-23(27-17-3-5-19(6-4-17)32-9-13-35-14-10-32)30-25(31-24(22)36-21)28-18-15-26-33(16-18)20-7-11-34-12-8-20;1-4-19-27-20-21(25-16-5-7-18(8-6-16)30-9-11-32-12-10-30)28-23(29-22(20)33-19)26-17-13-24-31(14-17)15(2)3;1-3-17-25-18-19(23-14-4-6-16(7-5-14)29-8-10-30-11-9-29)26-21(27-20(18)31-17)24-15-12-22-28(2)13-15;1-3-16-22-17-18(20-13-21-19(17)26-16)24(4-2)15-7-5-14(6-8-15)23-9-11-25-12-10-23/h15-17,19-20H,2-14H2,1H3,(H2,27,28,30,31);13-16,18H,4-12H2,1-3H3,(H2,25,26,28,29);12-14,16H,3-11H2,1-2H3,(H2,23,24,26,27);13-15H,3-12H2,1-2H3. The van der Waals surface area contributed by atoms with Gasteiger partial charge in [-0.05, 0) is 162 Å². The molecule has 5 aliphatic heterocycles. The second-order valence-electron chi connectivity index (χ2n) is 34.8. The maximum absolute atomic E-state index is 5.54. The molecule has 4 saturated carbocycles. The van der Waals surface area contributed by atoms with Crippen LogP contribution >= 0.6 is 45.3 Å². The van der Waals surface area contributed by atoms with Crippen molar-refractivity contribution in [2.75, 3.05) is 162 Å². The Balaban J connectivity index is 0.000000119. The average Bonchev–Trinajstić information content (AvgIpc) is 1.64. The summed E-state index contributed by atoms with van der Waals surface area (Å²) < 4.78 is 33.3. The van der Waals surface area contributed by atoms with Crippen molar-refractivity contribution in [1.82, 2.24) is 109 Å². The second kappa shape index (κ2) is 43.4. The Hall–Kier alpha value is -8.25. The quantitative estimate of drug-likeness (QED) is 0.0309. The maximum atomic E-state index is 5.54.